The predicted molar refractivity (Wildman–Crippen MR) is 126 cm³/mol. The Morgan fingerprint density at radius 2 is 2.03 bits per heavy atom. The first-order valence-corrected chi connectivity index (χ1v) is 10.6. The second-order valence-electron chi connectivity index (χ2n) is 7.70. The van der Waals surface area contributed by atoms with Gasteiger partial charge in [0, 0.05) is 30.1 Å². The molecule has 1 atom stereocenters. The molecule has 3 aromatic rings. The van der Waals surface area contributed by atoms with Crippen molar-refractivity contribution in [3.63, 3.8) is 0 Å². The Kier molecular flexibility index (Phi) is 6.55. The van der Waals surface area contributed by atoms with Crippen molar-refractivity contribution in [3.05, 3.63) is 83.6 Å². The number of aliphatic hydroxyl groups is 1. The third kappa shape index (κ3) is 4.80. The Labute approximate surface area is 192 Å². The van der Waals surface area contributed by atoms with Crippen molar-refractivity contribution in [3.8, 4) is 5.75 Å². The number of allylic oxidation sites excluding steroid dienone is 2. The molecular weight excluding hydrogens is 420 g/mol. The fraction of sp³-hybridized carbons (Fsp3) is 0.240. The number of aliphatic hydroxyl groups excluding tert-OH is 1. The fourth-order valence-corrected chi connectivity index (χ4v) is 3.81. The molecule has 33 heavy (non-hydrogen) atoms. The first-order valence-electron chi connectivity index (χ1n) is 10.6. The average Bonchev–Trinajstić information content (AvgIpc) is 3.26. The molecule has 0 bridgehead atoms. The van der Waals surface area contributed by atoms with Crippen molar-refractivity contribution in [2.75, 3.05) is 19.0 Å². The lowest BCUT2D eigenvalue weighted by Crippen LogP contribution is -2.29. The monoisotopic (exact) mass is 446 g/mol. The number of nitrogens with zero attached hydrogens (tertiary/aromatic N) is 2. The minimum atomic E-state index is -0.944. The van der Waals surface area contributed by atoms with Crippen LogP contribution >= 0.6 is 0 Å². The molecule has 8 heteroatoms. The molecule has 0 aliphatic carbocycles. The van der Waals surface area contributed by atoms with Crippen LogP contribution in [0, 0.1) is 5.41 Å². The number of hydrogen-bond donors (Lipinski definition) is 3. The third-order valence-electron chi connectivity index (χ3n) is 5.44. The van der Waals surface area contributed by atoms with Crippen LogP contribution in [0.4, 0.5) is 5.69 Å². The number of nitrogens with one attached hydrogen (secondary N) is 2. The molecule has 0 amide bonds. The van der Waals surface area contributed by atoms with E-state index in [4.69, 9.17) is 14.9 Å². The molecular formula is C25H26N4O4. The van der Waals surface area contributed by atoms with Crippen molar-refractivity contribution in [2.45, 2.75) is 26.1 Å². The van der Waals surface area contributed by atoms with Gasteiger partial charge in [-0.2, -0.15) is 0 Å². The van der Waals surface area contributed by atoms with Crippen molar-refractivity contribution >= 4 is 22.8 Å². The quantitative estimate of drug-likeness (QED) is 0.354. The number of rotatable bonds is 8. The smallest absolute Gasteiger partial charge is 0.209 e. The number of anilines is 1. The minimum Gasteiger partial charge on any atom is -0.512 e. The molecule has 0 saturated carbocycles. The van der Waals surface area contributed by atoms with Gasteiger partial charge in [-0.1, -0.05) is 36.4 Å². The first kappa shape index (κ1) is 22.3. The lowest BCUT2D eigenvalue weighted by molar-refractivity contribution is -0.113. The number of ether oxygens (including phenoxy) is 2. The number of fused-ring (bicyclic) bond motifs is 1. The Morgan fingerprint density at radius 1 is 1.24 bits per heavy atom. The Hall–Kier alpha value is -3.91. The number of aromatic nitrogens is 2. The van der Waals surface area contributed by atoms with Gasteiger partial charge < -0.3 is 24.5 Å². The van der Waals surface area contributed by atoms with E-state index in [1.807, 2.05) is 35.0 Å². The highest BCUT2D eigenvalue weighted by Crippen LogP contribution is 2.28. The van der Waals surface area contributed by atoms with Gasteiger partial charge in [0.2, 0.25) is 5.78 Å². The van der Waals surface area contributed by atoms with Crippen LogP contribution in [-0.2, 0) is 22.7 Å². The topological polar surface area (TPSA) is 109 Å². The van der Waals surface area contributed by atoms with Gasteiger partial charge in [0.25, 0.3) is 0 Å². The summed E-state index contributed by atoms with van der Waals surface area (Å²) in [6.45, 7) is 3.06. The number of hydrogen-bond acceptors (Lipinski definition) is 7. The minimum absolute atomic E-state index is 0.0998. The molecule has 8 nitrogen and oxygen atoms in total. The Bertz CT molecular complexity index is 1170. The summed E-state index contributed by atoms with van der Waals surface area (Å²) in [7, 11) is 1.57. The Morgan fingerprint density at radius 3 is 2.73 bits per heavy atom. The molecule has 1 aliphatic heterocycles. The highest BCUT2D eigenvalue weighted by molar-refractivity contribution is 6.56. The van der Waals surface area contributed by atoms with Gasteiger partial charge in [-0.3, -0.25) is 10.2 Å². The van der Waals surface area contributed by atoms with E-state index in [1.165, 1.54) is 6.92 Å². The molecule has 1 aliphatic rings. The summed E-state index contributed by atoms with van der Waals surface area (Å²) in [6, 6.07) is 15.2. The second-order valence-corrected chi connectivity index (χ2v) is 7.70. The number of carbonyl (C=O) groups excluding carboxylic acids is 1. The van der Waals surface area contributed by atoms with Gasteiger partial charge in [-0.25, -0.2) is 4.98 Å². The summed E-state index contributed by atoms with van der Waals surface area (Å²) in [6.07, 6.45) is 1.82. The number of ketones is 1. The van der Waals surface area contributed by atoms with Crippen molar-refractivity contribution in [1.82, 2.24) is 9.55 Å². The van der Waals surface area contributed by atoms with Gasteiger partial charge in [-0.05, 0) is 24.6 Å². The lowest BCUT2D eigenvalue weighted by atomic mass is 9.93. The van der Waals surface area contributed by atoms with Gasteiger partial charge in [0.05, 0.1) is 25.2 Å². The zero-order chi connectivity index (χ0) is 23.4. The maximum Gasteiger partial charge on any atom is 0.209 e. The van der Waals surface area contributed by atoms with E-state index in [0.717, 1.165) is 5.82 Å². The van der Waals surface area contributed by atoms with Crippen LogP contribution < -0.4 is 10.1 Å². The molecule has 1 unspecified atom stereocenters. The summed E-state index contributed by atoms with van der Waals surface area (Å²) >= 11 is 0. The van der Waals surface area contributed by atoms with E-state index >= 15 is 0 Å². The second kappa shape index (κ2) is 9.70. The van der Waals surface area contributed by atoms with Crippen LogP contribution in [0.5, 0.6) is 5.75 Å². The highest BCUT2D eigenvalue weighted by atomic mass is 16.5. The van der Waals surface area contributed by atoms with Crippen molar-refractivity contribution < 1.29 is 19.4 Å². The normalized spacial score (nSPS) is 14.6. The van der Waals surface area contributed by atoms with E-state index in [0.29, 0.717) is 42.5 Å². The summed E-state index contributed by atoms with van der Waals surface area (Å²) in [5, 5.41) is 22.3. The van der Waals surface area contributed by atoms with Gasteiger partial charge in [0.1, 0.15) is 29.9 Å². The van der Waals surface area contributed by atoms with Gasteiger partial charge in [0.15, 0.2) is 0 Å². The molecule has 4 rings (SSSR count). The van der Waals surface area contributed by atoms with E-state index in [1.54, 1.807) is 37.4 Å². The van der Waals surface area contributed by atoms with Crippen LogP contribution in [-0.4, -0.2) is 39.9 Å². The Balaban J connectivity index is 1.73. The predicted octanol–water partition coefficient (Wildman–Crippen LogP) is 4.15. The molecule has 3 N–H and O–H groups in total. The third-order valence-corrected chi connectivity index (χ3v) is 5.44. The number of methoxy groups -OCH3 is 1. The van der Waals surface area contributed by atoms with Crippen LogP contribution in [0.15, 0.2) is 66.6 Å². The van der Waals surface area contributed by atoms with Gasteiger partial charge >= 0.3 is 0 Å². The molecule has 170 valence electrons. The summed E-state index contributed by atoms with van der Waals surface area (Å²) in [5.41, 5.74) is 1.60. The molecule has 2 heterocycles. The van der Waals surface area contributed by atoms with Crippen molar-refractivity contribution in [2.24, 2.45) is 0 Å². The first-order chi connectivity index (χ1) is 16.0. The van der Waals surface area contributed by atoms with Crippen LogP contribution in [0.25, 0.3) is 5.57 Å². The highest BCUT2D eigenvalue weighted by Gasteiger charge is 2.31. The van der Waals surface area contributed by atoms with E-state index in [9.17, 15) is 9.90 Å². The van der Waals surface area contributed by atoms with Crippen LogP contribution in [0.2, 0.25) is 0 Å². The number of imidazole rings is 1. The zero-order valence-electron chi connectivity index (χ0n) is 18.5. The van der Waals surface area contributed by atoms with Crippen LogP contribution in [0.1, 0.15) is 30.0 Å². The molecule has 1 aromatic heterocycles. The summed E-state index contributed by atoms with van der Waals surface area (Å²) < 4.78 is 12.7. The standard InChI is InChI=1S/C25H26N4O4/c1-16(30)22(17-7-4-3-5-8-17)23(26)25(31)24(27-18-9-6-10-19(13-18)32-2)20-14-29-11-12-33-15-21(29)28-20/h3-10,13-14,24,26-27,30H,11-12,15H2,1-2H3/b22-16-,26-23?. The number of benzene rings is 2. The molecule has 0 radical (unpaired) electrons. The summed E-state index contributed by atoms with van der Waals surface area (Å²) in [5.74, 6) is 0.749. The average molecular weight is 447 g/mol. The van der Waals surface area contributed by atoms with E-state index in [-0.39, 0.29) is 17.0 Å². The maximum atomic E-state index is 13.7. The molecule has 0 fully saturated rings. The lowest BCUT2D eigenvalue weighted by Gasteiger charge is -2.19. The summed E-state index contributed by atoms with van der Waals surface area (Å²) in [4.78, 5) is 18.3. The van der Waals surface area contributed by atoms with Crippen LogP contribution in [0.3, 0.4) is 0 Å². The SMILES string of the molecule is COc1cccc(NC(C(=O)C(=N)/C(=C(/C)O)c2ccccc2)c2cn3c(n2)COCC3)c1. The maximum absolute atomic E-state index is 13.7. The van der Waals surface area contributed by atoms with Gasteiger partial charge in [-0.15, -0.1) is 0 Å². The fourth-order valence-electron chi connectivity index (χ4n) is 3.81. The van der Waals surface area contributed by atoms with E-state index in [2.05, 4.69) is 10.3 Å². The largest absolute Gasteiger partial charge is 0.512 e. The number of Topliss-reactive ketones (excluding diaryl/α,β-unsaturated/α-hetero) is 1. The number of carbonyl (C=O) groups is 1. The molecule has 0 spiro atoms. The van der Waals surface area contributed by atoms with Crippen molar-refractivity contribution in [1.29, 1.82) is 5.41 Å². The molecule has 2 aromatic carbocycles. The molecule has 0 saturated heterocycles. The zero-order valence-corrected chi connectivity index (χ0v) is 18.5. The van der Waals surface area contributed by atoms with E-state index < -0.39 is 11.8 Å².